The Bertz CT molecular complexity index is 425. The largest absolute Gasteiger partial charge is 0.388 e. The first kappa shape index (κ1) is 10.9. The summed E-state index contributed by atoms with van der Waals surface area (Å²) in [6.45, 7) is 5.51. The highest BCUT2D eigenvalue weighted by molar-refractivity contribution is 6.25. The summed E-state index contributed by atoms with van der Waals surface area (Å²) in [5.41, 5.74) is 0.0460. The van der Waals surface area contributed by atoms with E-state index >= 15 is 0 Å². The zero-order valence-corrected chi connectivity index (χ0v) is 9.61. The minimum Gasteiger partial charge on any atom is -0.388 e. The number of carbonyl (C=O) groups excluding carboxylic acids is 2. The molecule has 5 heteroatoms. The van der Waals surface area contributed by atoms with Gasteiger partial charge in [-0.3, -0.25) is 9.59 Å². The summed E-state index contributed by atoms with van der Waals surface area (Å²) in [5, 5.41) is 3.84. The van der Waals surface area contributed by atoms with Crippen LogP contribution in [0.1, 0.15) is 33.6 Å². The van der Waals surface area contributed by atoms with Crippen molar-refractivity contribution in [3.05, 3.63) is 11.6 Å². The molecular weight excluding hydrogens is 208 g/mol. The van der Waals surface area contributed by atoms with Gasteiger partial charge < -0.3 is 4.84 Å². The fraction of sp³-hybridized carbons (Fsp3) is 0.545. The number of hydrogen-bond acceptors (Lipinski definition) is 4. The van der Waals surface area contributed by atoms with E-state index in [0.29, 0.717) is 17.8 Å². The van der Waals surface area contributed by atoms with Gasteiger partial charge in [-0.15, -0.1) is 0 Å². The third kappa shape index (κ3) is 1.52. The number of carbonyl (C=O) groups is 2. The fourth-order valence-corrected chi connectivity index (χ4v) is 1.70. The van der Waals surface area contributed by atoms with Gasteiger partial charge in [0.1, 0.15) is 5.60 Å². The van der Waals surface area contributed by atoms with Gasteiger partial charge in [-0.2, -0.15) is 0 Å². The standard InChI is InChI=1S/C11H14N2O3/c1-4-11(3)6-8(12-16-11)13-9(14)5-7(2)10(13)15/h5H,4,6H2,1-3H3. The van der Waals surface area contributed by atoms with Crippen LogP contribution in [0.25, 0.3) is 0 Å². The van der Waals surface area contributed by atoms with E-state index in [0.717, 1.165) is 11.3 Å². The first-order valence-corrected chi connectivity index (χ1v) is 5.28. The number of amides is 2. The molecule has 16 heavy (non-hydrogen) atoms. The lowest BCUT2D eigenvalue weighted by Gasteiger charge is -2.19. The van der Waals surface area contributed by atoms with Gasteiger partial charge in [-0.1, -0.05) is 12.1 Å². The highest BCUT2D eigenvalue weighted by Crippen LogP contribution is 2.29. The summed E-state index contributed by atoms with van der Waals surface area (Å²) in [7, 11) is 0. The molecule has 2 heterocycles. The van der Waals surface area contributed by atoms with Gasteiger partial charge in [-0.25, -0.2) is 4.90 Å². The Hall–Kier alpha value is -1.65. The lowest BCUT2D eigenvalue weighted by molar-refractivity contribution is -0.132. The first-order chi connectivity index (χ1) is 7.47. The van der Waals surface area contributed by atoms with Crippen molar-refractivity contribution < 1.29 is 14.4 Å². The van der Waals surface area contributed by atoms with Crippen molar-refractivity contribution in [2.24, 2.45) is 5.16 Å². The van der Waals surface area contributed by atoms with Gasteiger partial charge in [0, 0.05) is 11.6 Å². The van der Waals surface area contributed by atoms with Crippen molar-refractivity contribution in [2.75, 3.05) is 0 Å². The molecule has 0 aromatic rings. The molecule has 0 aromatic carbocycles. The van der Waals surface area contributed by atoms with Crippen molar-refractivity contribution in [2.45, 2.75) is 39.2 Å². The molecule has 2 aliphatic heterocycles. The molecule has 2 amide bonds. The van der Waals surface area contributed by atoms with Crippen LogP contribution in [0.4, 0.5) is 0 Å². The first-order valence-electron chi connectivity index (χ1n) is 5.28. The zero-order valence-electron chi connectivity index (χ0n) is 9.61. The SMILES string of the molecule is CCC1(C)CC(N2C(=O)C=C(C)C2=O)=NO1. The van der Waals surface area contributed by atoms with Gasteiger partial charge in [-0.05, 0) is 20.3 Å². The molecule has 2 aliphatic rings. The smallest absolute Gasteiger partial charge is 0.262 e. The molecular formula is C11H14N2O3. The van der Waals surface area contributed by atoms with Crippen LogP contribution in [0.15, 0.2) is 16.8 Å². The molecule has 86 valence electrons. The second kappa shape index (κ2) is 3.43. The molecule has 0 spiro atoms. The van der Waals surface area contributed by atoms with Crippen LogP contribution in [-0.4, -0.2) is 28.2 Å². The van der Waals surface area contributed by atoms with Crippen LogP contribution < -0.4 is 0 Å². The maximum Gasteiger partial charge on any atom is 0.262 e. The lowest BCUT2D eigenvalue weighted by Crippen LogP contribution is -2.38. The molecule has 0 N–H and O–H groups in total. The summed E-state index contributed by atoms with van der Waals surface area (Å²) < 4.78 is 0. The van der Waals surface area contributed by atoms with E-state index in [1.165, 1.54) is 6.08 Å². The fourth-order valence-electron chi connectivity index (χ4n) is 1.70. The second-order valence-corrected chi connectivity index (χ2v) is 4.39. The maximum atomic E-state index is 11.7. The Morgan fingerprint density at radius 2 is 2.25 bits per heavy atom. The van der Waals surface area contributed by atoms with E-state index in [-0.39, 0.29) is 11.8 Å². The number of amidine groups is 1. The summed E-state index contributed by atoms with van der Waals surface area (Å²) >= 11 is 0. The van der Waals surface area contributed by atoms with E-state index in [1.54, 1.807) is 6.92 Å². The normalized spacial score (nSPS) is 29.3. The minimum atomic E-state index is -0.396. The second-order valence-electron chi connectivity index (χ2n) is 4.39. The molecule has 2 rings (SSSR count). The number of rotatable bonds is 1. The van der Waals surface area contributed by atoms with Crippen molar-refractivity contribution in [3.63, 3.8) is 0 Å². The van der Waals surface area contributed by atoms with Crippen molar-refractivity contribution in [3.8, 4) is 0 Å². The van der Waals surface area contributed by atoms with Crippen LogP contribution in [0.2, 0.25) is 0 Å². The minimum absolute atomic E-state index is 0.298. The van der Waals surface area contributed by atoms with Crippen LogP contribution in [0.5, 0.6) is 0 Å². The van der Waals surface area contributed by atoms with Gasteiger partial charge in [0.25, 0.3) is 11.8 Å². The molecule has 0 saturated carbocycles. The van der Waals surface area contributed by atoms with E-state index in [2.05, 4.69) is 5.16 Å². The predicted molar refractivity (Wildman–Crippen MR) is 57.4 cm³/mol. The summed E-state index contributed by atoms with van der Waals surface area (Å²) in [5.74, 6) is -0.217. The Balaban J connectivity index is 2.18. The van der Waals surface area contributed by atoms with Crippen LogP contribution in [0.3, 0.4) is 0 Å². The van der Waals surface area contributed by atoms with Gasteiger partial charge in [0.15, 0.2) is 5.84 Å². The lowest BCUT2D eigenvalue weighted by atomic mass is 9.99. The van der Waals surface area contributed by atoms with Gasteiger partial charge in [0.2, 0.25) is 0 Å². The number of oxime groups is 1. The zero-order chi connectivity index (χ0) is 11.9. The highest BCUT2D eigenvalue weighted by atomic mass is 16.7. The Morgan fingerprint density at radius 3 is 2.69 bits per heavy atom. The Labute approximate surface area is 93.7 Å². The molecule has 0 fully saturated rings. The average Bonchev–Trinajstić information content (AvgIpc) is 2.71. The Morgan fingerprint density at radius 1 is 1.56 bits per heavy atom. The van der Waals surface area contributed by atoms with Crippen LogP contribution in [-0.2, 0) is 14.4 Å². The summed E-state index contributed by atoms with van der Waals surface area (Å²) in [4.78, 5) is 29.6. The van der Waals surface area contributed by atoms with Gasteiger partial charge >= 0.3 is 0 Å². The van der Waals surface area contributed by atoms with Crippen molar-refractivity contribution in [1.82, 2.24) is 4.90 Å². The quantitative estimate of drug-likeness (QED) is 0.626. The molecule has 5 nitrogen and oxygen atoms in total. The van der Waals surface area contributed by atoms with Crippen molar-refractivity contribution in [1.29, 1.82) is 0 Å². The van der Waals surface area contributed by atoms with E-state index < -0.39 is 5.60 Å². The molecule has 1 atom stereocenters. The summed E-state index contributed by atoms with van der Waals surface area (Å²) in [6, 6.07) is 0. The number of nitrogens with zero attached hydrogens (tertiary/aromatic N) is 2. The molecule has 0 radical (unpaired) electrons. The molecule has 0 aliphatic carbocycles. The van der Waals surface area contributed by atoms with Gasteiger partial charge in [0.05, 0.1) is 6.42 Å². The average molecular weight is 222 g/mol. The molecule has 0 bridgehead atoms. The monoisotopic (exact) mass is 222 g/mol. The third-order valence-corrected chi connectivity index (χ3v) is 3.01. The van der Waals surface area contributed by atoms with E-state index in [1.807, 2.05) is 13.8 Å². The highest BCUT2D eigenvalue weighted by Gasteiger charge is 2.41. The number of hydrogen-bond donors (Lipinski definition) is 0. The van der Waals surface area contributed by atoms with Crippen molar-refractivity contribution >= 4 is 17.6 Å². The third-order valence-electron chi connectivity index (χ3n) is 3.01. The Kier molecular flexibility index (Phi) is 2.33. The summed E-state index contributed by atoms with van der Waals surface area (Å²) in [6.07, 6.45) is 2.59. The molecule has 0 saturated heterocycles. The predicted octanol–water partition coefficient (Wildman–Crippen LogP) is 1.20. The topological polar surface area (TPSA) is 59.0 Å². The van der Waals surface area contributed by atoms with E-state index in [9.17, 15) is 9.59 Å². The molecule has 1 unspecified atom stereocenters. The van der Waals surface area contributed by atoms with E-state index in [4.69, 9.17) is 4.84 Å². The maximum absolute atomic E-state index is 11.7. The van der Waals surface area contributed by atoms with Crippen LogP contribution >= 0.6 is 0 Å². The van der Waals surface area contributed by atoms with Crippen LogP contribution in [0, 0.1) is 0 Å². The number of imide groups is 1. The molecule has 0 aromatic heterocycles.